The molecule has 130 valence electrons. The van der Waals surface area contributed by atoms with Gasteiger partial charge in [-0.3, -0.25) is 0 Å². The summed E-state index contributed by atoms with van der Waals surface area (Å²) in [5.41, 5.74) is 2.30. The highest BCUT2D eigenvalue weighted by Crippen LogP contribution is 2.36. The normalized spacial score (nSPS) is 21.5. The van der Waals surface area contributed by atoms with Crippen LogP contribution < -0.4 is 14.4 Å². The van der Waals surface area contributed by atoms with E-state index in [-0.39, 0.29) is 0 Å². The number of hydrogen-bond donors (Lipinski definition) is 0. The summed E-state index contributed by atoms with van der Waals surface area (Å²) in [5.74, 6) is 3.07. The van der Waals surface area contributed by atoms with Gasteiger partial charge >= 0.3 is 0 Å². The molecule has 0 bridgehead atoms. The van der Waals surface area contributed by atoms with E-state index >= 15 is 0 Å². The Bertz CT molecular complexity index is 772. The van der Waals surface area contributed by atoms with Crippen LogP contribution >= 0.6 is 0 Å². The van der Waals surface area contributed by atoms with Gasteiger partial charge in [0.2, 0.25) is 6.79 Å². The Balaban J connectivity index is 1.40. The van der Waals surface area contributed by atoms with Gasteiger partial charge in [0.1, 0.15) is 12.1 Å². The third kappa shape index (κ3) is 3.02. The largest absolute Gasteiger partial charge is 0.454 e. The Labute approximate surface area is 146 Å². The number of nitrogens with zero attached hydrogens (tertiary/aromatic N) is 3. The van der Waals surface area contributed by atoms with Crippen LogP contribution in [0.3, 0.4) is 0 Å². The summed E-state index contributed by atoms with van der Waals surface area (Å²) in [6, 6.07) is 8.88. The molecule has 2 aromatic rings. The van der Waals surface area contributed by atoms with Crippen LogP contribution in [0, 0.1) is 0 Å². The first-order valence-electron chi connectivity index (χ1n) is 8.92. The lowest BCUT2D eigenvalue weighted by atomic mass is 10.0. The van der Waals surface area contributed by atoms with Crippen molar-refractivity contribution in [2.24, 2.45) is 0 Å². The van der Waals surface area contributed by atoms with Gasteiger partial charge in [-0.25, -0.2) is 9.97 Å². The van der Waals surface area contributed by atoms with Crippen molar-refractivity contribution in [1.82, 2.24) is 9.97 Å². The molecule has 25 heavy (non-hydrogen) atoms. The molecular weight excluding hydrogens is 318 g/mol. The third-order valence-corrected chi connectivity index (χ3v) is 5.09. The number of rotatable bonds is 5. The first-order valence-corrected chi connectivity index (χ1v) is 8.92. The molecule has 1 saturated carbocycles. The molecule has 1 aromatic heterocycles. The smallest absolute Gasteiger partial charge is 0.231 e. The Kier molecular flexibility index (Phi) is 3.70. The SMILES string of the molecule is c1nc([C@@H]2CCOC2)cc(N(Cc2ccc3c(c2)OCO3)C2CC2)n1. The van der Waals surface area contributed by atoms with Crippen molar-refractivity contribution in [3.63, 3.8) is 0 Å². The molecule has 2 aliphatic heterocycles. The summed E-state index contributed by atoms with van der Waals surface area (Å²) in [5, 5.41) is 0. The van der Waals surface area contributed by atoms with Crippen molar-refractivity contribution in [3.8, 4) is 11.5 Å². The van der Waals surface area contributed by atoms with E-state index in [1.807, 2.05) is 6.07 Å². The van der Waals surface area contributed by atoms with E-state index in [1.54, 1.807) is 6.33 Å². The zero-order valence-electron chi connectivity index (χ0n) is 14.1. The number of benzene rings is 1. The molecule has 0 amide bonds. The molecule has 3 heterocycles. The molecule has 5 rings (SSSR count). The fourth-order valence-corrected chi connectivity index (χ4v) is 3.53. The zero-order chi connectivity index (χ0) is 16.6. The minimum atomic E-state index is 0.309. The lowest BCUT2D eigenvalue weighted by Gasteiger charge is -2.24. The van der Waals surface area contributed by atoms with E-state index in [1.165, 1.54) is 18.4 Å². The Morgan fingerprint density at radius 1 is 1.04 bits per heavy atom. The maximum atomic E-state index is 5.51. The van der Waals surface area contributed by atoms with Crippen molar-refractivity contribution in [2.75, 3.05) is 24.9 Å². The van der Waals surface area contributed by atoms with Gasteiger partial charge in [0, 0.05) is 31.2 Å². The molecule has 3 aliphatic rings. The first kappa shape index (κ1) is 15.0. The fraction of sp³-hybridized carbons (Fsp3) is 0.474. The van der Waals surface area contributed by atoms with E-state index in [9.17, 15) is 0 Å². The molecule has 6 nitrogen and oxygen atoms in total. The van der Waals surface area contributed by atoms with Crippen LogP contribution in [0.1, 0.15) is 36.4 Å². The molecule has 0 radical (unpaired) electrons. The molecular formula is C19H21N3O3. The minimum Gasteiger partial charge on any atom is -0.454 e. The molecule has 0 unspecified atom stereocenters. The van der Waals surface area contributed by atoms with Gasteiger partial charge in [-0.15, -0.1) is 0 Å². The lowest BCUT2D eigenvalue weighted by Crippen LogP contribution is -2.26. The van der Waals surface area contributed by atoms with E-state index in [4.69, 9.17) is 14.2 Å². The zero-order valence-corrected chi connectivity index (χ0v) is 14.1. The summed E-state index contributed by atoms with van der Waals surface area (Å²) >= 11 is 0. The monoisotopic (exact) mass is 339 g/mol. The Morgan fingerprint density at radius 2 is 1.96 bits per heavy atom. The molecule has 6 heteroatoms. The Hall–Kier alpha value is -2.34. The maximum absolute atomic E-state index is 5.51. The average molecular weight is 339 g/mol. The van der Waals surface area contributed by atoms with Crippen molar-refractivity contribution in [2.45, 2.75) is 37.8 Å². The molecule has 1 aromatic carbocycles. The standard InChI is InChI=1S/C19H21N3O3/c1-4-17-18(25-12-24-17)7-13(1)9-22(15-2-3-15)19-8-16(20-11-21-19)14-5-6-23-10-14/h1,4,7-8,11,14-15H,2-3,5-6,9-10,12H2/t14-/m1/s1. The number of hydrogen-bond acceptors (Lipinski definition) is 6. The second-order valence-corrected chi connectivity index (χ2v) is 6.91. The van der Waals surface area contributed by atoms with Gasteiger partial charge in [-0.1, -0.05) is 6.07 Å². The number of ether oxygens (including phenoxy) is 3. The van der Waals surface area contributed by atoms with Gasteiger partial charge in [0.15, 0.2) is 11.5 Å². The average Bonchev–Trinajstić information content (AvgIpc) is 3.14. The topological polar surface area (TPSA) is 56.7 Å². The van der Waals surface area contributed by atoms with Crippen LogP contribution in [0.15, 0.2) is 30.6 Å². The molecule has 1 saturated heterocycles. The quantitative estimate of drug-likeness (QED) is 0.835. The highest BCUT2D eigenvalue weighted by atomic mass is 16.7. The summed E-state index contributed by atoms with van der Waals surface area (Å²) < 4.78 is 16.4. The second kappa shape index (κ2) is 6.19. The molecule has 2 fully saturated rings. The van der Waals surface area contributed by atoms with Crippen LogP contribution in [-0.2, 0) is 11.3 Å². The third-order valence-electron chi connectivity index (χ3n) is 5.09. The molecule has 1 aliphatic carbocycles. The number of anilines is 1. The first-order chi connectivity index (χ1) is 12.4. The van der Waals surface area contributed by atoms with E-state index in [0.717, 1.165) is 49.2 Å². The second-order valence-electron chi connectivity index (χ2n) is 6.91. The highest BCUT2D eigenvalue weighted by Gasteiger charge is 2.31. The summed E-state index contributed by atoms with van der Waals surface area (Å²) in [7, 11) is 0. The van der Waals surface area contributed by atoms with Crippen LogP contribution in [-0.4, -0.2) is 36.0 Å². The summed E-state index contributed by atoms with van der Waals surface area (Å²) in [6.07, 6.45) is 5.17. The van der Waals surface area contributed by atoms with Gasteiger partial charge in [-0.2, -0.15) is 0 Å². The Morgan fingerprint density at radius 3 is 2.80 bits per heavy atom. The van der Waals surface area contributed by atoms with E-state index in [0.29, 0.717) is 18.8 Å². The van der Waals surface area contributed by atoms with Crippen LogP contribution in [0.4, 0.5) is 5.82 Å². The molecule has 0 spiro atoms. The minimum absolute atomic E-state index is 0.309. The predicted molar refractivity (Wildman–Crippen MR) is 92.0 cm³/mol. The van der Waals surface area contributed by atoms with Gasteiger partial charge in [0.05, 0.1) is 12.3 Å². The van der Waals surface area contributed by atoms with Crippen molar-refractivity contribution < 1.29 is 14.2 Å². The molecule has 0 N–H and O–H groups in total. The number of fused-ring (bicyclic) bond motifs is 1. The van der Waals surface area contributed by atoms with Gasteiger partial charge in [-0.05, 0) is 37.0 Å². The predicted octanol–water partition coefficient (Wildman–Crippen LogP) is 2.88. The van der Waals surface area contributed by atoms with Crippen LogP contribution in [0.2, 0.25) is 0 Å². The van der Waals surface area contributed by atoms with Crippen LogP contribution in [0.25, 0.3) is 0 Å². The van der Waals surface area contributed by atoms with Crippen molar-refractivity contribution >= 4 is 5.82 Å². The van der Waals surface area contributed by atoms with Crippen molar-refractivity contribution in [1.29, 1.82) is 0 Å². The summed E-state index contributed by atoms with van der Waals surface area (Å²) in [4.78, 5) is 11.4. The van der Waals surface area contributed by atoms with E-state index in [2.05, 4.69) is 33.1 Å². The van der Waals surface area contributed by atoms with Gasteiger partial charge in [0.25, 0.3) is 0 Å². The summed E-state index contributed by atoms with van der Waals surface area (Å²) in [6.45, 7) is 2.72. The van der Waals surface area contributed by atoms with Crippen molar-refractivity contribution in [3.05, 3.63) is 41.9 Å². The highest BCUT2D eigenvalue weighted by molar-refractivity contribution is 5.48. The maximum Gasteiger partial charge on any atom is 0.231 e. The number of aromatic nitrogens is 2. The fourth-order valence-electron chi connectivity index (χ4n) is 3.53. The lowest BCUT2D eigenvalue weighted by molar-refractivity contribution is 0.174. The van der Waals surface area contributed by atoms with E-state index < -0.39 is 0 Å². The van der Waals surface area contributed by atoms with Gasteiger partial charge < -0.3 is 19.1 Å². The van der Waals surface area contributed by atoms with Crippen LogP contribution in [0.5, 0.6) is 11.5 Å². The molecule has 1 atom stereocenters.